The molecule has 0 radical (unpaired) electrons. The normalized spacial score (nSPS) is 15.5. The summed E-state index contributed by atoms with van der Waals surface area (Å²) in [6.45, 7) is 25.0. The summed E-state index contributed by atoms with van der Waals surface area (Å²) < 4.78 is 213. The fourth-order valence-electron chi connectivity index (χ4n) is 12.2. The Hall–Kier alpha value is -9.67. The molecule has 0 atom stereocenters. The van der Waals surface area contributed by atoms with Crippen LogP contribution in [0, 0.1) is 18.5 Å². The second kappa shape index (κ2) is 23.4. The van der Waals surface area contributed by atoms with E-state index in [9.17, 15) is 20.6 Å². The first kappa shape index (κ1) is 41.8. The van der Waals surface area contributed by atoms with Gasteiger partial charge in [-0.25, -0.2) is 4.98 Å². The van der Waals surface area contributed by atoms with E-state index in [2.05, 4.69) is 105 Å². The third kappa shape index (κ3) is 11.2. The van der Waals surface area contributed by atoms with E-state index in [0.29, 0.717) is 28.0 Å². The Morgan fingerprint density at radius 2 is 0.947 bits per heavy atom. The summed E-state index contributed by atoms with van der Waals surface area (Å²) in [7, 11) is 0. The summed E-state index contributed by atoms with van der Waals surface area (Å²) in [6.07, 6.45) is 5.45. The first-order valence-corrected chi connectivity index (χ1v) is 30.9. The van der Waals surface area contributed by atoms with Crippen LogP contribution in [0.25, 0.3) is 128 Å². The van der Waals surface area contributed by atoms with Crippen LogP contribution in [-0.4, -0.2) is 14.1 Å². The number of hydrogen-bond donors (Lipinski definition) is 0. The molecule has 3 aromatic heterocycles. The van der Waals surface area contributed by atoms with Gasteiger partial charge in [-0.1, -0.05) is 252 Å². The number of nitrogens with zero attached hydrogens (tertiary/aromatic N) is 4. The van der Waals surface area contributed by atoms with Crippen LogP contribution in [0.2, 0.25) is 0 Å². The summed E-state index contributed by atoms with van der Waals surface area (Å²) in [6, 6.07) is 23.9. The molecule has 0 aliphatic carbocycles. The summed E-state index contributed by atoms with van der Waals surface area (Å²) in [5.74, 6) is 1.04. The molecule has 0 amide bonds. The van der Waals surface area contributed by atoms with Gasteiger partial charge in [-0.05, 0) is 175 Å². The Morgan fingerprint density at radius 1 is 0.415 bits per heavy atom. The van der Waals surface area contributed by atoms with Crippen molar-refractivity contribution in [1.82, 2.24) is 14.1 Å². The minimum atomic E-state index is -0.919. The van der Waals surface area contributed by atoms with Crippen LogP contribution in [0.3, 0.4) is 0 Å². The Morgan fingerprint density at radius 3 is 1.55 bits per heavy atom. The maximum absolute atomic E-state index is 10.5. The Labute approximate surface area is 597 Å². The standard InChI is InChI=1S/C88H76N4O.Pt/c1-85(2,3)63-40-41-89-82(52-63)92-79-37-24-23-36-74(79)75-39-38-69(54-80(75)92)93-68-31-25-30-67(53-68)90-55-91-83-76(62-45-64(86(4,5)6)49-65(46-62)87(7,8)9)50-66(88(10,11)12)51-78(83)73-35-22-20-33-71(73)70-32-19-21-34-72(70)77-47-61(48-81(90)84(77)91)60-43-58(56-26-15-13-16-27-56)42-59(44-60)57-28-17-14-18-29-57;/h13-52H,1-12H3;/q-2;/i13D,14D,15D,16D,17D,18D,19D,20D,21D,22D,26D,27D,28D,29D,32D,33D,34D,35D,42D,43D,44D;. The molecular formula is C88H76N4OPt-2. The van der Waals surface area contributed by atoms with E-state index < -0.39 is 177 Å². The maximum atomic E-state index is 10.5. The molecule has 94 heavy (non-hydrogen) atoms. The van der Waals surface area contributed by atoms with E-state index >= 15 is 0 Å². The molecule has 0 fully saturated rings. The third-order valence-corrected chi connectivity index (χ3v) is 17.2. The molecule has 0 unspecified atom stereocenters. The molecule has 5 nitrogen and oxygen atoms in total. The molecule has 14 aromatic rings. The molecule has 0 N–H and O–H groups in total. The van der Waals surface area contributed by atoms with Gasteiger partial charge in [-0.15, -0.1) is 29.7 Å². The van der Waals surface area contributed by atoms with Crippen LogP contribution >= 0.6 is 0 Å². The molecule has 1 aliphatic heterocycles. The zero-order valence-corrected chi connectivity index (χ0v) is 56.3. The van der Waals surface area contributed by atoms with Crippen molar-refractivity contribution in [1.29, 1.82) is 0 Å². The van der Waals surface area contributed by atoms with Gasteiger partial charge < -0.3 is 13.9 Å². The van der Waals surface area contributed by atoms with Crippen molar-refractivity contribution in [2.24, 2.45) is 0 Å². The van der Waals surface area contributed by atoms with Crippen molar-refractivity contribution in [3.8, 4) is 107 Å². The number of hydrogen-bond acceptors (Lipinski definition) is 2. The summed E-state index contributed by atoms with van der Waals surface area (Å²) in [5, 5.41) is 1.80. The Balaban J connectivity index is 0.0000109. The first-order chi connectivity index (χ1) is 53.3. The average molecular weight is 1420 g/mol. The van der Waals surface area contributed by atoms with Gasteiger partial charge in [0.25, 0.3) is 6.33 Å². The molecule has 6 heteroatoms. The van der Waals surface area contributed by atoms with Crippen molar-refractivity contribution in [2.75, 3.05) is 0 Å². The van der Waals surface area contributed by atoms with Crippen molar-refractivity contribution < 1.29 is 59.2 Å². The fraction of sp³-hybridized carbons (Fsp3) is 0.182. The second-order valence-corrected chi connectivity index (χ2v) is 27.7. The minimum absolute atomic E-state index is 0. The van der Waals surface area contributed by atoms with Crippen LogP contribution < -0.4 is 9.30 Å². The summed E-state index contributed by atoms with van der Waals surface area (Å²) in [4.78, 5) is 4.88. The van der Waals surface area contributed by atoms with E-state index in [-0.39, 0.29) is 93.8 Å². The summed E-state index contributed by atoms with van der Waals surface area (Å²) >= 11 is 0. The zero-order valence-electron chi connectivity index (χ0n) is 75.0. The smallest absolute Gasteiger partial charge is 0.268 e. The molecule has 0 bridgehead atoms. The second-order valence-electron chi connectivity index (χ2n) is 27.7. The number of aromatic nitrogens is 4. The van der Waals surface area contributed by atoms with E-state index in [1.54, 1.807) is 39.6 Å². The minimum Gasteiger partial charge on any atom is -0.510 e. The molecule has 1 aliphatic rings. The van der Waals surface area contributed by atoms with E-state index in [4.69, 9.17) is 17.9 Å². The van der Waals surface area contributed by atoms with Crippen LogP contribution in [0.4, 0.5) is 0 Å². The van der Waals surface area contributed by atoms with Crippen LogP contribution in [-0.2, 0) is 42.7 Å². The molecule has 0 saturated heterocycles. The molecule has 15 rings (SSSR count). The van der Waals surface area contributed by atoms with Crippen LogP contribution in [0.5, 0.6) is 11.5 Å². The number of imidazole rings is 1. The maximum Gasteiger partial charge on any atom is 0.268 e. The van der Waals surface area contributed by atoms with Gasteiger partial charge in [0.2, 0.25) is 0 Å². The molecule has 466 valence electrons. The van der Waals surface area contributed by atoms with Gasteiger partial charge in [-0.2, -0.15) is 18.2 Å². The largest absolute Gasteiger partial charge is 0.510 e. The first-order valence-electron chi connectivity index (χ1n) is 41.4. The van der Waals surface area contributed by atoms with Gasteiger partial charge in [0.1, 0.15) is 5.82 Å². The van der Waals surface area contributed by atoms with E-state index in [1.807, 2.05) is 73.9 Å². The van der Waals surface area contributed by atoms with Gasteiger partial charge >= 0.3 is 0 Å². The van der Waals surface area contributed by atoms with Gasteiger partial charge in [0.05, 0.1) is 45.5 Å². The van der Waals surface area contributed by atoms with Crippen molar-refractivity contribution in [3.05, 3.63) is 283 Å². The van der Waals surface area contributed by atoms with E-state index in [0.717, 1.165) is 33.0 Å². The average Bonchev–Trinajstić information content (AvgIpc) is 1.51. The van der Waals surface area contributed by atoms with Gasteiger partial charge in [0.15, 0.2) is 0 Å². The van der Waals surface area contributed by atoms with Crippen LogP contribution in [0.1, 0.15) is 134 Å². The van der Waals surface area contributed by atoms with Gasteiger partial charge in [0, 0.05) is 44.3 Å². The quantitative estimate of drug-likeness (QED) is 0.112. The number of ether oxygens (including phenoxy) is 1. The third-order valence-electron chi connectivity index (χ3n) is 17.2. The number of rotatable bonds is 8. The SMILES string of the molecule is [2H]c1c([2H])c([2H])c(-c2c([2H])c(-c3cc4c5c(c3)n(-c3[c-]c(Oc6[c-]c7c(cc6)c6ccccc6n7-c6cc(C(C)(C)C)ccn6)ccc3)[c-][n+]5-c3c(-c5cc(C(C)(C)C)cc(C(C)(C)C)c5)cc(C(C)(C)C)cc3-c3c([2H])c([2H])c([2H])c([2H])c3-c3c([2H])c([2H])c([2H])c([2H])c3-4)c([2H])c(-c3c([2H])c([2H])c([2H])c([2H])c3[2H])c2[2H])c([2H])c1[2H].[Pt]. The van der Waals surface area contributed by atoms with Crippen molar-refractivity contribution in [3.63, 3.8) is 0 Å². The van der Waals surface area contributed by atoms with Crippen molar-refractivity contribution >= 4 is 32.8 Å². The Bertz CT molecular complexity index is 6410. The van der Waals surface area contributed by atoms with Crippen LogP contribution in [0.15, 0.2) is 242 Å². The number of fused-ring (bicyclic) bond motifs is 10. The number of para-hydroxylation sites is 1. The molecule has 4 heterocycles. The molecular weight excluding hydrogens is 1320 g/mol. The number of benzene rings is 11. The zero-order chi connectivity index (χ0) is 82.6. The molecule has 11 aromatic carbocycles. The monoisotopic (exact) mass is 1420 g/mol. The molecule has 0 spiro atoms. The predicted molar refractivity (Wildman–Crippen MR) is 386 cm³/mol. The molecule has 0 saturated carbocycles. The predicted octanol–water partition coefficient (Wildman–Crippen LogP) is 22.8. The van der Waals surface area contributed by atoms with Gasteiger partial charge in [-0.3, -0.25) is 4.57 Å². The fourth-order valence-corrected chi connectivity index (χ4v) is 12.2. The van der Waals surface area contributed by atoms with E-state index in [1.165, 1.54) is 12.1 Å². The topological polar surface area (TPSA) is 35.9 Å². The summed E-state index contributed by atoms with van der Waals surface area (Å²) in [5.41, 5.74) is 0.0549. The van der Waals surface area contributed by atoms with Crippen molar-refractivity contribution in [2.45, 2.75) is 105 Å². The Kier molecular flexibility index (Phi) is 10.4. The number of pyridine rings is 1.